The average Bonchev–Trinajstić information content (AvgIpc) is 4.54. The summed E-state index contributed by atoms with van der Waals surface area (Å²) in [5, 5.41) is 2.92. The van der Waals surface area contributed by atoms with E-state index >= 15 is 17.6 Å². The molecule has 10 aromatic rings. The molecule has 0 bridgehead atoms. The summed E-state index contributed by atoms with van der Waals surface area (Å²) in [6.07, 6.45) is 23.7. The Bertz CT molecular complexity index is 3540. The van der Waals surface area contributed by atoms with Crippen molar-refractivity contribution in [2.24, 2.45) is 11.8 Å². The number of unbranched alkanes of at least 4 members (excludes halogenated alkanes) is 8. The van der Waals surface area contributed by atoms with Gasteiger partial charge in [-0.3, -0.25) is 9.97 Å². The van der Waals surface area contributed by atoms with Gasteiger partial charge in [0.2, 0.25) is 0 Å². The lowest BCUT2D eigenvalue weighted by Gasteiger charge is -2.35. The summed E-state index contributed by atoms with van der Waals surface area (Å²) in [6.45, 7) is 13.7. The Morgan fingerprint density at radius 3 is 1.23 bits per heavy atom. The number of thiophene rings is 6. The molecule has 0 spiro atoms. The van der Waals surface area contributed by atoms with Crippen LogP contribution < -0.4 is 10.4 Å². The van der Waals surface area contributed by atoms with Crippen LogP contribution in [0.2, 0.25) is 12.1 Å². The van der Waals surface area contributed by atoms with Gasteiger partial charge in [0.25, 0.3) is 0 Å². The van der Waals surface area contributed by atoms with Crippen LogP contribution in [0, 0.1) is 35.1 Å². The molecule has 6 nitrogen and oxygen atoms in total. The molecule has 0 radical (unpaired) electrons. The first-order chi connectivity index (χ1) is 39.5. The van der Waals surface area contributed by atoms with E-state index in [9.17, 15) is 0 Å². The zero-order valence-electron chi connectivity index (χ0n) is 46.9. The van der Waals surface area contributed by atoms with Crippen molar-refractivity contribution < 1.29 is 17.6 Å². The zero-order valence-corrected chi connectivity index (χ0v) is 54.4. The molecule has 10 aromatic heterocycles. The maximum atomic E-state index is 16.3. The summed E-state index contributed by atoms with van der Waals surface area (Å²) in [4.78, 5) is 19.6. The SMILES string of the molecule is CCCCCCc1ccc(-c2sc(-c3cnc(-c4cc5c(s4)-c4sc(-c6ncc(-c7sc(-c8ccc(CCCCCC)s8)c(F)c7F)c7nsnc67)cc4[Si]5(CC(CC)CCCC)CC(CC)CCCC)c4nsnc34)c(F)c2F)s1. The molecule has 81 heavy (non-hydrogen) atoms. The minimum Gasteiger partial charge on any atom is -0.252 e. The number of pyridine rings is 2. The zero-order chi connectivity index (χ0) is 56.4. The van der Waals surface area contributed by atoms with E-state index in [1.807, 2.05) is 12.1 Å². The molecule has 0 aliphatic carbocycles. The normalized spacial score (nSPS) is 13.8. The lowest BCUT2D eigenvalue weighted by Crippen LogP contribution is -2.56. The Balaban J connectivity index is 0.994. The van der Waals surface area contributed by atoms with Crippen molar-refractivity contribution in [2.75, 3.05) is 0 Å². The van der Waals surface area contributed by atoms with Crippen LogP contribution in [0.5, 0.6) is 0 Å². The molecule has 0 N–H and O–H groups in total. The van der Waals surface area contributed by atoms with Crippen LogP contribution in [0.25, 0.3) is 93.4 Å². The molecule has 0 saturated carbocycles. The van der Waals surface area contributed by atoms with Crippen molar-refractivity contribution in [3.63, 3.8) is 0 Å². The summed E-state index contributed by atoms with van der Waals surface area (Å²) in [5.74, 6) is -2.34. The lowest BCUT2D eigenvalue weighted by molar-refractivity contribution is 0.469. The fourth-order valence-electron chi connectivity index (χ4n) is 12.0. The van der Waals surface area contributed by atoms with Crippen LogP contribution >= 0.6 is 91.5 Å². The van der Waals surface area contributed by atoms with E-state index < -0.39 is 31.3 Å². The third-order valence-corrected chi connectivity index (χ3v) is 30.8. The minimum atomic E-state index is -2.58. The van der Waals surface area contributed by atoms with Gasteiger partial charge in [-0.1, -0.05) is 131 Å². The number of aromatic nitrogens is 6. The molecule has 0 aromatic carbocycles. The molecule has 0 amide bonds. The fraction of sp³-hybridized carbons (Fsp3) is 0.452. The predicted molar refractivity (Wildman–Crippen MR) is 346 cm³/mol. The first-order valence-corrected chi connectivity index (χ1v) is 38.0. The van der Waals surface area contributed by atoms with Crippen molar-refractivity contribution in [3.8, 4) is 71.3 Å². The number of nitrogens with zero attached hydrogens (tertiary/aromatic N) is 6. The number of aryl methyl sites for hydroxylation is 2. The highest BCUT2D eigenvalue weighted by atomic mass is 32.1. The van der Waals surface area contributed by atoms with Gasteiger partial charge in [0.05, 0.1) is 52.7 Å². The lowest BCUT2D eigenvalue weighted by atomic mass is 10.0. The van der Waals surface area contributed by atoms with Crippen molar-refractivity contribution in [1.82, 2.24) is 27.5 Å². The Morgan fingerprint density at radius 1 is 0.420 bits per heavy atom. The molecular formula is C62H68F4N6S8Si. The highest BCUT2D eigenvalue weighted by molar-refractivity contribution is 7.32. The van der Waals surface area contributed by atoms with Crippen LogP contribution in [0.15, 0.2) is 48.8 Å². The van der Waals surface area contributed by atoms with Crippen LogP contribution in [0.4, 0.5) is 17.6 Å². The summed E-state index contributed by atoms with van der Waals surface area (Å²) < 4.78 is 83.8. The van der Waals surface area contributed by atoms with Gasteiger partial charge in [0.1, 0.15) is 41.5 Å². The molecule has 1 aliphatic heterocycles. The van der Waals surface area contributed by atoms with E-state index in [0.29, 0.717) is 66.2 Å². The van der Waals surface area contributed by atoms with Crippen molar-refractivity contribution >= 4 is 132 Å². The number of hydrogen-bond acceptors (Lipinski definition) is 14. The molecule has 0 saturated heterocycles. The van der Waals surface area contributed by atoms with Crippen LogP contribution in [0.1, 0.15) is 154 Å². The summed E-state index contributed by atoms with van der Waals surface area (Å²) in [5.41, 5.74) is 4.55. The number of halogens is 4. The van der Waals surface area contributed by atoms with Gasteiger partial charge in [0, 0.05) is 52.8 Å². The number of fused-ring (bicyclic) bond motifs is 5. The van der Waals surface area contributed by atoms with E-state index in [1.165, 1.54) is 81.2 Å². The molecule has 2 atom stereocenters. The molecular weight excluding hydrogens is 1190 g/mol. The summed E-state index contributed by atoms with van der Waals surface area (Å²) in [7, 11) is -2.58. The van der Waals surface area contributed by atoms with Crippen LogP contribution in [0.3, 0.4) is 0 Å². The second kappa shape index (κ2) is 26.1. The smallest absolute Gasteiger partial charge is 0.178 e. The Labute approximate surface area is 506 Å². The maximum Gasteiger partial charge on any atom is 0.178 e. The van der Waals surface area contributed by atoms with E-state index in [-0.39, 0.29) is 9.75 Å². The van der Waals surface area contributed by atoms with E-state index in [4.69, 9.17) is 27.5 Å². The number of hydrogen-bond donors (Lipinski definition) is 0. The standard InChI is InChI=1S/C62H68F4N6S8Si/c1-7-13-17-19-23-37-25-27-41(73-37)59-49(65)47(63)57(77-59)39-31-67-53(55-51(39)69-79-71-55)43-29-45-61(75-43)62-46(81(45,33-35(11-5)21-15-9-3)34-36(12-6)22-16-10-4)30-44(76-62)54-56-52(70-80-72-56)40(32-68-54)58-48(64)50(66)60(78-58)42-28-26-38(74-42)24-20-18-14-8-2/h25-32,35-36H,7-24,33-34H2,1-6H3. The van der Waals surface area contributed by atoms with Crippen molar-refractivity contribution in [1.29, 1.82) is 0 Å². The second-order valence-electron chi connectivity index (χ2n) is 21.9. The van der Waals surface area contributed by atoms with Gasteiger partial charge >= 0.3 is 0 Å². The Hall–Kier alpha value is -3.92. The summed E-state index contributed by atoms with van der Waals surface area (Å²) in [6, 6.07) is 15.1. The fourth-order valence-corrected chi connectivity index (χ4v) is 28.0. The molecule has 1 aliphatic rings. The maximum absolute atomic E-state index is 16.3. The Kier molecular flexibility index (Phi) is 19.0. The van der Waals surface area contributed by atoms with E-state index in [2.05, 4.69) is 65.8 Å². The minimum absolute atomic E-state index is 0.187. The highest BCUT2D eigenvalue weighted by Gasteiger charge is 2.50. The molecule has 11 rings (SSSR count). The third kappa shape index (κ3) is 11.6. The van der Waals surface area contributed by atoms with E-state index in [0.717, 1.165) is 142 Å². The second-order valence-corrected chi connectivity index (χ2v) is 33.5. The molecule has 19 heteroatoms. The topological polar surface area (TPSA) is 77.3 Å². The molecule has 11 heterocycles. The van der Waals surface area contributed by atoms with Gasteiger partial charge < -0.3 is 0 Å². The molecule has 2 unspecified atom stereocenters. The summed E-state index contributed by atoms with van der Waals surface area (Å²) >= 11 is 11.0. The van der Waals surface area contributed by atoms with Crippen LogP contribution in [-0.2, 0) is 12.8 Å². The van der Waals surface area contributed by atoms with Crippen molar-refractivity contribution in [2.45, 2.75) is 169 Å². The van der Waals surface area contributed by atoms with Gasteiger partial charge in [-0.05, 0) is 96.4 Å². The monoisotopic (exact) mass is 1260 g/mol. The van der Waals surface area contributed by atoms with Gasteiger partial charge in [-0.25, -0.2) is 17.6 Å². The third-order valence-electron chi connectivity index (χ3n) is 16.5. The van der Waals surface area contributed by atoms with Crippen molar-refractivity contribution in [3.05, 3.63) is 81.8 Å². The van der Waals surface area contributed by atoms with Gasteiger partial charge in [-0.15, -0.1) is 68.0 Å². The predicted octanol–water partition coefficient (Wildman–Crippen LogP) is 21.6. The van der Waals surface area contributed by atoms with Gasteiger partial charge in [-0.2, -0.15) is 17.5 Å². The highest BCUT2D eigenvalue weighted by Crippen LogP contribution is 2.52. The Morgan fingerprint density at radius 2 is 0.827 bits per heavy atom. The van der Waals surface area contributed by atoms with Gasteiger partial charge in [0.15, 0.2) is 23.3 Å². The van der Waals surface area contributed by atoms with Crippen LogP contribution in [-0.4, -0.2) is 35.5 Å². The molecule has 0 fully saturated rings. The largest absolute Gasteiger partial charge is 0.252 e. The first kappa shape index (κ1) is 58.8. The molecule has 426 valence electrons. The quantitative estimate of drug-likeness (QED) is 0.0276. The van der Waals surface area contributed by atoms with E-state index in [1.54, 1.807) is 57.7 Å². The first-order valence-electron chi connectivity index (χ1n) is 29.2. The number of rotatable bonds is 28. The average molecular weight is 1260 g/mol.